The topological polar surface area (TPSA) is 56.7 Å². The second-order valence-electron chi connectivity index (χ2n) is 6.89. The van der Waals surface area contributed by atoms with Gasteiger partial charge in [0.2, 0.25) is 0 Å². The lowest BCUT2D eigenvalue weighted by Gasteiger charge is -2.20. The van der Waals surface area contributed by atoms with Crippen molar-refractivity contribution in [1.29, 1.82) is 0 Å². The smallest absolute Gasteiger partial charge is 0.191 e. The van der Waals surface area contributed by atoms with Gasteiger partial charge in [-0.3, -0.25) is 4.99 Å². The first-order valence-electron chi connectivity index (χ1n) is 8.00. The molecule has 0 saturated heterocycles. The van der Waals surface area contributed by atoms with Crippen molar-refractivity contribution < 1.29 is 5.11 Å². The molecule has 2 rings (SSSR count). The molecule has 0 aliphatic carbocycles. The van der Waals surface area contributed by atoms with Crippen LogP contribution in [-0.2, 0) is 0 Å². The van der Waals surface area contributed by atoms with Crippen LogP contribution in [0.4, 0.5) is 0 Å². The number of aliphatic hydroxyl groups excluding tert-OH is 1. The molecule has 0 amide bonds. The zero-order valence-corrected chi connectivity index (χ0v) is 15.2. The first-order valence-corrected chi connectivity index (χ1v) is 8.82. The molecule has 126 valence electrons. The number of nitrogens with zero attached hydrogens (tertiary/aromatic N) is 1. The molecular weight excluding hydrogens is 306 g/mol. The molecule has 1 heterocycles. The quantitative estimate of drug-likeness (QED) is 0.579. The predicted molar refractivity (Wildman–Crippen MR) is 100 cm³/mol. The van der Waals surface area contributed by atoms with Gasteiger partial charge in [0.05, 0.1) is 0 Å². The van der Waals surface area contributed by atoms with Crippen molar-refractivity contribution in [3.63, 3.8) is 0 Å². The summed E-state index contributed by atoms with van der Waals surface area (Å²) in [5.41, 5.74) is 0.294. The Balaban J connectivity index is 1.85. The lowest BCUT2D eigenvalue weighted by atomic mass is 9.92. The first-order chi connectivity index (χ1) is 10.9. The third-order valence-electron chi connectivity index (χ3n) is 3.63. The van der Waals surface area contributed by atoms with Gasteiger partial charge >= 0.3 is 0 Å². The van der Waals surface area contributed by atoms with Gasteiger partial charge in [-0.2, -0.15) is 0 Å². The van der Waals surface area contributed by atoms with E-state index in [1.165, 1.54) is 10.1 Å². The number of aliphatic hydroxyl groups is 1. The highest BCUT2D eigenvalue weighted by atomic mass is 32.1. The number of aliphatic imine (C=N–C) groups is 1. The maximum Gasteiger partial charge on any atom is 0.191 e. The molecule has 1 unspecified atom stereocenters. The Morgan fingerprint density at radius 2 is 2.00 bits per heavy atom. The summed E-state index contributed by atoms with van der Waals surface area (Å²) in [5.74, 6) is 0.731. The number of fused-ring (bicyclic) bond motifs is 1. The average molecular weight is 334 g/mol. The van der Waals surface area contributed by atoms with Crippen LogP contribution < -0.4 is 10.6 Å². The van der Waals surface area contributed by atoms with Crippen molar-refractivity contribution in [2.24, 2.45) is 10.4 Å². The highest BCUT2D eigenvalue weighted by Gasteiger charge is 2.13. The fraction of sp³-hybridized carbons (Fsp3) is 0.500. The van der Waals surface area contributed by atoms with Crippen LogP contribution in [0.2, 0.25) is 0 Å². The Labute approximate surface area is 142 Å². The highest BCUT2D eigenvalue weighted by molar-refractivity contribution is 7.19. The number of benzene rings is 1. The Morgan fingerprint density at radius 3 is 2.65 bits per heavy atom. The van der Waals surface area contributed by atoms with Gasteiger partial charge in [0.1, 0.15) is 6.10 Å². The highest BCUT2D eigenvalue weighted by Crippen LogP contribution is 2.29. The van der Waals surface area contributed by atoms with Crippen LogP contribution in [0.1, 0.15) is 38.2 Å². The van der Waals surface area contributed by atoms with Gasteiger partial charge in [-0.1, -0.05) is 39.0 Å². The van der Waals surface area contributed by atoms with E-state index in [0.29, 0.717) is 12.0 Å². The van der Waals surface area contributed by atoms with Crippen LogP contribution in [-0.4, -0.2) is 31.2 Å². The van der Waals surface area contributed by atoms with Crippen molar-refractivity contribution in [1.82, 2.24) is 10.6 Å². The minimum atomic E-state index is -0.534. The van der Waals surface area contributed by atoms with Crippen molar-refractivity contribution in [3.8, 4) is 0 Å². The fourth-order valence-corrected chi connectivity index (χ4v) is 3.29. The molecule has 0 saturated carbocycles. The molecule has 1 aromatic carbocycles. The number of hydrogen-bond acceptors (Lipinski definition) is 3. The summed E-state index contributed by atoms with van der Waals surface area (Å²) >= 11 is 1.64. The van der Waals surface area contributed by atoms with Gasteiger partial charge in [0.15, 0.2) is 5.96 Å². The maximum atomic E-state index is 10.4. The fourth-order valence-electron chi connectivity index (χ4n) is 2.24. The van der Waals surface area contributed by atoms with Gasteiger partial charge in [0.25, 0.3) is 0 Å². The molecule has 1 atom stereocenters. The number of guanidine groups is 1. The van der Waals surface area contributed by atoms with E-state index in [9.17, 15) is 5.11 Å². The molecular formula is C18H27N3OS. The van der Waals surface area contributed by atoms with E-state index in [4.69, 9.17) is 0 Å². The maximum absolute atomic E-state index is 10.4. The number of hydrogen-bond donors (Lipinski definition) is 3. The van der Waals surface area contributed by atoms with Crippen molar-refractivity contribution in [2.75, 3.05) is 20.1 Å². The molecule has 4 nitrogen and oxygen atoms in total. The summed E-state index contributed by atoms with van der Waals surface area (Å²) in [6.45, 7) is 7.96. The average Bonchev–Trinajstić information content (AvgIpc) is 2.93. The van der Waals surface area contributed by atoms with Gasteiger partial charge in [0, 0.05) is 29.7 Å². The monoisotopic (exact) mass is 333 g/mol. The Bertz CT molecular complexity index is 625. The summed E-state index contributed by atoms with van der Waals surface area (Å²) < 4.78 is 1.20. The van der Waals surface area contributed by atoms with Crippen LogP contribution >= 0.6 is 11.3 Å². The molecule has 0 radical (unpaired) electrons. The van der Waals surface area contributed by atoms with Crippen LogP contribution in [0, 0.1) is 5.41 Å². The largest absolute Gasteiger partial charge is 0.386 e. The molecule has 0 spiro atoms. The molecule has 2 aromatic rings. The van der Waals surface area contributed by atoms with E-state index in [-0.39, 0.29) is 0 Å². The third-order valence-corrected chi connectivity index (χ3v) is 4.84. The van der Waals surface area contributed by atoms with E-state index in [1.54, 1.807) is 18.4 Å². The minimum Gasteiger partial charge on any atom is -0.386 e. The Morgan fingerprint density at radius 1 is 1.26 bits per heavy atom. The van der Waals surface area contributed by atoms with Crippen LogP contribution in [0.25, 0.3) is 10.1 Å². The summed E-state index contributed by atoms with van der Waals surface area (Å²) in [5, 5.41) is 18.1. The molecule has 0 fully saturated rings. The predicted octanol–water partition coefficient (Wildman–Crippen LogP) is 3.54. The lowest BCUT2D eigenvalue weighted by Crippen LogP contribution is -2.40. The minimum absolute atomic E-state index is 0.294. The standard InChI is InChI=1S/C18H27N3OS/c1-18(2,3)9-10-20-17(19-4)21-12-14(22)16-11-13-7-5-6-8-15(13)23-16/h5-8,11,14,22H,9-10,12H2,1-4H3,(H2,19,20,21). The van der Waals surface area contributed by atoms with E-state index in [1.807, 2.05) is 12.1 Å². The van der Waals surface area contributed by atoms with Gasteiger partial charge in [-0.15, -0.1) is 11.3 Å². The SMILES string of the molecule is CN=C(NCCC(C)(C)C)NCC(O)c1cc2ccccc2s1. The molecule has 0 aliphatic heterocycles. The second kappa shape index (κ2) is 7.79. The number of nitrogens with one attached hydrogen (secondary N) is 2. The first kappa shape index (κ1) is 17.8. The summed E-state index contributed by atoms with van der Waals surface area (Å²) in [6, 6.07) is 10.2. The van der Waals surface area contributed by atoms with E-state index >= 15 is 0 Å². The lowest BCUT2D eigenvalue weighted by molar-refractivity contribution is 0.184. The second-order valence-corrected chi connectivity index (χ2v) is 8.01. The Hall–Kier alpha value is -1.59. The van der Waals surface area contributed by atoms with E-state index in [2.05, 4.69) is 54.6 Å². The normalized spacial score (nSPS) is 14.0. The summed E-state index contributed by atoms with van der Waals surface area (Å²) in [4.78, 5) is 5.18. The molecule has 0 aliphatic rings. The molecule has 23 heavy (non-hydrogen) atoms. The van der Waals surface area contributed by atoms with Gasteiger partial charge < -0.3 is 15.7 Å². The van der Waals surface area contributed by atoms with Crippen LogP contribution in [0.15, 0.2) is 35.3 Å². The zero-order valence-electron chi connectivity index (χ0n) is 14.4. The van der Waals surface area contributed by atoms with Gasteiger partial charge in [-0.05, 0) is 29.4 Å². The number of rotatable bonds is 5. The molecule has 1 aromatic heterocycles. The van der Waals surface area contributed by atoms with E-state index in [0.717, 1.165) is 23.8 Å². The van der Waals surface area contributed by atoms with E-state index < -0.39 is 6.10 Å². The third kappa shape index (κ3) is 5.52. The van der Waals surface area contributed by atoms with Crippen LogP contribution in [0.5, 0.6) is 0 Å². The number of thiophene rings is 1. The van der Waals surface area contributed by atoms with Gasteiger partial charge in [-0.25, -0.2) is 0 Å². The van der Waals surface area contributed by atoms with Crippen molar-refractivity contribution >= 4 is 27.4 Å². The van der Waals surface area contributed by atoms with Crippen molar-refractivity contribution in [3.05, 3.63) is 35.2 Å². The molecule has 5 heteroatoms. The molecule has 3 N–H and O–H groups in total. The zero-order chi connectivity index (χ0) is 16.9. The van der Waals surface area contributed by atoms with Crippen LogP contribution in [0.3, 0.4) is 0 Å². The summed E-state index contributed by atoms with van der Waals surface area (Å²) in [6.07, 6.45) is 0.528. The Kier molecular flexibility index (Phi) is 6.02. The molecule has 0 bridgehead atoms. The van der Waals surface area contributed by atoms with Crippen molar-refractivity contribution in [2.45, 2.75) is 33.3 Å². The summed E-state index contributed by atoms with van der Waals surface area (Å²) in [7, 11) is 1.75.